The van der Waals surface area contributed by atoms with E-state index in [0.29, 0.717) is 23.6 Å². The van der Waals surface area contributed by atoms with Gasteiger partial charge in [0, 0.05) is 18.2 Å². The summed E-state index contributed by atoms with van der Waals surface area (Å²) in [5, 5.41) is 0. The molecule has 1 aliphatic heterocycles. The molecule has 1 aromatic rings. The highest BCUT2D eigenvalue weighted by Gasteiger charge is 2.36. The Kier molecular flexibility index (Phi) is 5.38. The topological polar surface area (TPSA) is 50.5 Å². The van der Waals surface area contributed by atoms with E-state index >= 15 is 0 Å². The molecule has 6 heteroatoms. The quantitative estimate of drug-likeness (QED) is 0.783. The third-order valence-corrected chi connectivity index (χ3v) is 6.73. The summed E-state index contributed by atoms with van der Waals surface area (Å²) >= 11 is 5.96. The van der Waals surface area contributed by atoms with Gasteiger partial charge >= 0.3 is 0 Å². The van der Waals surface area contributed by atoms with Crippen molar-refractivity contribution >= 4 is 21.6 Å². The second-order valence-corrected chi connectivity index (χ2v) is 7.78. The second-order valence-electron chi connectivity index (χ2n) is 5.68. The number of hydrogen-bond donors (Lipinski definition) is 0. The number of halogens is 1. The minimum atomic E-state index is -3.54. The maximum Gasteiger partial charge on any atom is 0.247 e. The van der Waals surface area contributed by atoms with Gasteiger partial charge in [-0.2, -0.15) is 4.31 Å². The van der Waals surface area contributed by atoms with Gasteiger partial charge in [-0.1, -0.05) is 19.8 Å². The Morgan fingerprint density at radius 2 is 1.95 bits per heavy atom. The molecule has 1 aromatic heterocycles. The Bertz CT molecular complexity index is 594. The molecule has 1 unspecified atom stereocenters. The van der Waals surface area contributed by atoms with E-state index in [1.54, 1.807) is 18.2 Å². The zero-order valence-electron chi connectivity index (χ0n) is 13.0. The van der Waals surface area contributed by atoms with Gasteiger partial charge in [0.1, 0.15) is 16.4 Å². The lowest BCUT2D eigenvalue weighted by molar-refractivity contribution is 0.314. The van der Waals surface area contributed by atoms with Crippen LogP contribution in [-0.4, -0.2) is 25.3 Å². The number of aryl methyl sites for hydroxylation is 2. The van der Waals surface area contributed by atoms with E-state index in [9.17, 15) is 8.42 Å². The predicted molar refractivity (Wildman–Crippen MR) is 84.2 cm³/mol. The average molecular weight is 334 g/mol. The van der Waals surface area contributed by atoms with Gasteiger partial charge in [-0.15, -0.1) is 11.6 Å². The van der Waals surface area contributed by atoms with Crippen molar-refractivity contribution in [1.82, 2.24) is 4.31 Å². The van der Waals surface area contributed by atoms with Crippen LogP contribution in [0.3, 0.4) is 0 Å². The molecular weight excluding hydrogens is 310 g/mol. The van der Waals surface area contributed by atoms with Crippen LogP contribution < -0.4 is 0 Å². The van der Waals surface area contributed by atoms with Crippen molar-refractivity contribution in [2.45, 2.75) is 69.7 Å². The largest absolute Gasteiger partial charge is 0.465 e. The molecule has 21 heavy (non-hydrogen) atoms. The van der Waals surface area contributed by atoms with Gasteiger partial charge in [-0.25, -0.2) is 8.42 Å². The fourth-order valence-electron chi connectivity index (χ4n) is 3.19. The highest BCUT2D eigenvalue weighted by molar-refractivity contribution is 7.89. The van der Waals surface area contributed by atoms with Crippen molar-refractivity contribution in [2.75, 3.05) is 6.54 Å². The number of furan rings is 1. The summed E-state index contributed by atoms with van der Waals surface area (Å²) in [6.07, 6.45) is 4.87. The Labute approximate surface area is 132 Å². The Morgan fingerprint density at radius 1 is 1.24 bits per heavy atom. The van der Waals surface area contributed by atoms with Crippen LogP contribution in [0, 0.1) is 13.8 Å². The summed E-state index contributed by atoms with van der Waals surface area (Å²) in [6.45, 7) is 6.11. The van der Waals surface area contributed by atoms with Gasteiger partial charge in [0.25, 0.3) is 0 Å². The van der Waals surface area contributed by atoms with E-state index in [2.05, 4.69) is 6.92 Å². The van der Waals surface area contributed by atoms with Gasteiger partial charge < -0.3 is 4.42 Å². The van der Waals surface area contributed by atoms with E-state index in [0.717, 1.165) is 32.1 Å². The Balaban J connectivity index is 2.50. The molecule has 0 amide bonds. The maximum absolute atomic E-state index is 13.1. The zero-order chi connectivity index (χ0) is 15.6. The van der Waals surface area contributed by atoms with Crippen LogP contribution >= 0.6 is 11.6 Å². The van der Waals surface area contributed by atoms with E-state index in [-0.39, 0.29) is 16.8 Å². The van der Waals surface area contributed by atoms with Gasteiger partial charge in [0.2, 0.25) is 10.0 Å². The van der Waals surface area contributed by atoms with Crippen LogP contribution in [-0.2, 0) is 15.9 Å². The molecule has 0 radical (unpaired) electrons. The number of hydrogen-bond acceptors (Lipinski definition) is 3. The SMILES string of the molecule is CCC1CCCCCN1S(=O)(=O)c1c(C)oc(C)c1CCl. The molecule has 4 nitrogen and oxygen atoms in total. The number of nitrogens with zero attached hydrogens (tertiary/aromatic N) is 1. The summed E-state index contributed by atoms with van der Waals surface area (Å²) in [6, 6.07) is 0.0790. The fourth-order valence-corrected chi connectivity index (χ4v) is 5.78. The molecule has 0 aromatic carbocycles. The van der Waals surface area contributed by atoms with Gasteiger partial charge in [0.15, 0.2) is 0 Å². The molecule has 2 rings (SSSR count). The molecule has 0 spiro atoms. The van der Waals surface area contributed by atoms with Crippen molar-refractivity contribution in [3.8, 4) is 0 Å². The van der Waals surface area contributed by atoms with Crippen molar-refractivity contribution in [3.05, 3.63) is 17.1 Å². The maximum atomic E-state index is 13.1. The molecule has 120 valence electrons. The van der Waals surface area contributed by atoms with Crippen LogP contribution in [0.5, 0.6) is 0 Å². The number of alkyl halides is 1. The molecule has 1 fully saturated rings. The average Bonchev–Trinajstić information content (AvgIpc) is 2.63. The highest BCUT2D eigenvalue weighted by atomic mass is 35.5. The lowest BCUT2D eigenvalue weighted by atomic mass is 10.1. The molecule has 0 saturated carbocycles. The smallest absolute Gasteiger partial charge is 0.247 e. The number of sulfonamides is 1. The van der Waals surface area contributed by atoms with E-state index < -0.39 is 10.0 Å². The predicted octanol–water partition coefficient (Wildman–Crippen LogP) is 3.98. The molecule has 1 saturated heterocycles. The normalized spacial score (nSPS) is 21.4. The first-order valence-electron chi connectivity index (χ1n) is 7.60. The third-order valence-electron chi connectivity index (χ3n) is 4.32. The van der Waals surface area contributed by atoms with Crippen LogP contribution in [0.1, 0.15) is 56.1 Å². The van der Waals surface area contributed by atoms with Gasteiger partial charge in [0.05, 0.1) is 5.88 Å². The van der Waals surface area contributed by atoms with E-state index in [1.165, 1.54) is 0 Å². The molecule has 0 bridgehead atoms. The summed E-state index contributed by atoms with van der Waals surface area (Å²) in [4.78, 5) is 0.287. The first-order chi connectivity index (χ1) is 9.93. The summed E-state index contributed by atoms with van der Waals surface area (Å²) < 4.78 is 33.5. The molecule has 2 heterocycles. The van der Waals surface area contributed by atoms with E-state index in [1.807, 2.05) is 0 Å². The number of rotatable bonds is 4. The van der Waals surface area contributed by atoms with Gasteiger partial charge in [-0.05, 0) is 33.1 Å². The summed E-state index contributed by atoms with van der Waals surface area (Å²) in [5.41, 5.74) is 0.605. The van der Waals surface area contributed by atoms with Gasteiger partial charge in [-0.3, -0.25) is 0 Å². The van der Waals surface area contributed by atoms with Crippen LogP contribution in [0.15, 0.2) is 9.31 Å². The van der Waals surface area contributed by atoms with Crippen LogP contribution in [0.2, 0.25) is 0 Å². The van der Waals surface area contributed by atoms with Crippen molar-refractivity contribution in [3.63, 3.8) is 0 Å². The minimum Gasteiger partial charge on any atom is -0.465 e. The lowest BCUT2D eigenvalue weighted by Gasteiger charge is -2.28. The molecular formula is C15H24ClNO3S. The Morgan fingerprint density at radius 3 is 2.57 bits per heavy atom. The van der Waals surface area contributed by atoms with Crippen molar-refractivity contribution < 1.29 is 12.8 Å². The summed E-state index contributed by atoms with van der Waals surface area (Å²) in [7, 11) is -3.54. The Hall–Kier alpha value is -0.520. The second kappa shape index (κ2) is 6.71. The standard InChI is InChI=1S/C15H24ClNO3S/c1-4-13-8-6-5-7-9-17(13)21(18,19)15-12(3)20-11(2)14(15)10-16/h13H,4-10H2,1-3H3. The monoisotopic (exact) mass is 333 g/mol. The zero-order valence-corrected chi connectivity index (χ0v) is 14.6. The summed E-state index contributed by atoms with van der Waals surface area (Å²) in [5.74, 6) is 1.20. The third kappa shape index (κ3) is 3.15. The minimum absolute atomic E-state index is 0.0790. The first kappa shape index (κ1) is 16.8. The first-order valence-corrected chi connectivity index (χ1v) is 9.57. The molecule has 1 atom stereocenters. The van der Waals surface area contributed by atoms with Crippen molar-refractivity contribution in [1.29, 1.82) is 0 Å². The molecule has 1 aliphatic rings. The lowest BCUT2D eigenvalue weighted by Crippen LogP contribution is -2.40. The van der Waals surface area contributed by atoms with Crippen LogP contribution in [0.4, 0.5) is 0 Å². The van der Waals surface area contributed by atoms with Crippen molar-refractivity contribution in [2.24, 2.45) is 0 Å². The van der Waals surface area contributed by atoms with E-state index in [4.69, 9.17) is 16.0 Å². The highest BCUT2D eigenvalue weighted by Crippen LogP contribution is 2.33. The molecule has 0 N–H and O–H groups in total. The molecule has 0 aliphatic carbocycles. The van der Waals surface area contributed by atoms with Crippen LogP contribution in [0.25, 0.3) is 0 Å². The fraction of sp³-hybridized carbons (Fsp3) is 0.733.